The number of aromatic carboxylic acids is 1. The van der Waals surface area contributed by atoms with Crippen LogP contribution in [0, 0.1) is 20.8 Å². The molecule has 0 aliphatic heterocycles. The van der Waals surface area contributed by atoms with E-state index in [0.29, 0.717) is 0 Å². The molecule has 1 aromatic carbocycles. The van der Waals surface area contributed by atoms with E-state index in [1.165, 1.54) is 0 Å². The molecule has 1 heterocycles. The summed E-state index contributed by atoms with van der Waals surface area (Å²) in [4.78, 5) is 11.0. The number of aryl methyl sites for hydroxylation is 3. The third-order valence-corrected chi connectivity index (χ3v) is 2.75. The van der Waals surface area contributed by atoms with E-state index in [0.717, 1.165) is 27.6 Å². The summed E-state index contributed by atoms with van der Waals surface area (Å²) in [6.45, 7) is 5.82. The van der Waals surface area contributed by atoms with Gasteiger partial charge in [-0.1, -0.05) is 6.07 Å². The molecule has 4 heteroatoms. The standard InChI is InChI=1S/C11H12N2O2/c1-5-4-6(2)9-8(7(5)3)10(11(14)15)13-12-9/h4H,1-3H3,(H,12,13)(H,14,15). The number of hydrogen-bond donors (Lipinski definition) is 2. The van der Waals surface area contributed by atoms with Crippen molar-refractivity contribution in [2.24, 2.45) is 0 Å². The van der Waals surface area contributed by atoms with Gasteiger partial charge in [0.05, 0.1) is 5.52 Å². The van der Waals surface area contributed by atoms with Crippen LogP contribution in [-0.2, 0) is 0 Å². The Morgan fingerprint density at radius 1 is 1.33 bits per heavy atom. The maximum atomic E-state index is 11.0. The molecule has 0 spiro atoms. The largest absolute Gasteiger partial charge is 0.477 e. The molecule has 2 rings (SSSR count). The van der Waals surface area contributed by atoms with E-state index in [9.17, 15) is 4.79 Å². The number of carbonyl (C=O) groups is 1. The minimum atomic E-state index is -0.967. The quantitative estimate of drug-likeness (QED) is 0.748. The van der Waals surface area contributed by atoms with Crippen LogP contribution >= 0.6 is 0 Å². The van der Waals surface area contributed by atoms with Crippen LogP contribution in [-0.4, -0.2) is 21.3 Å². The molecule has 0 saturated heterocycles. The summed E-state index contributed by atoms with van der Waals surface area (Å²) >= 11 is 0. The lowest BCUT2D eigenvalue weighted by Crippen LogP contribution is -1.98. The summed E-state index contributed by atoms with van der Waals surface area (Å²) in [5, 5.41) is 16.3. The van der Waals surface area contributed by atoms with Gasteiger partial charge in [-0.25, -0.2) is 4.79 Å². The Morgan fingerprint density at radius 3 is 2.60 bits per heavy atom. The zero-order chi connectivity index (χ0) is 11.2. The van der Waals surface area contributed by atoms with Crippen LogP contribution in [0.4, 0.5) is 0 Å². The monoisotopic (exact) mass is 204 g/mol. The maximum Gasteiger partial charge on any atom is 0.354 e. The highest BCUT2D eigenvalue weighted by Crippen LogP contribution is 2.26. The summed E-state index contributed by atoms with van der Waals surface area (Å²) < 4.78 is 0. The molecule has 78 valence electrons. The second kappa shape index (κ2) is 3.08. The van der Waals surface area contributed by atoms with Gasteiger partial charge < -0.3 is 5.11 Å². The van der Waals surface area contributed by atoms with Crippen molar-refractivity contribution in [3.05, 3.63) is 28.5 Å². The number of rotatable bonds is 1. The lowest BCUT2D eigenvalue weighted by atomic mass is 10.00. The summed E-state index contributed by atoms with van der Waals surface area (Å²) in [6, 6.07) is 2.02. The zero-order valence-electron chi connectivity index (χ0n) is 8.88. The lowest BCUT2D eigenvalue weighted by molar-refractivity contribution is 0.0692. The highest BCUT2D eigenvalue weighted by atomic mass is 16.4. The predicted octanol–water partition coefficient (Wildman–Crippen LogP) is 2.19. The van der Waals surface area contributed by atoms with Crippen LogP contribution in [0.25, 0.3) is 10.9 Å². The summed E-state index contributed by atoms with van der Waals surface area (Å²) in [7, 11) is 0. The van der Waals surface area contributed by atoms with Crippen molar-refractivity contribution in [3.8, 4) is 0 Å². The highest BCUT2D eigenvalue weighted by Gasteiger charge is 2.16. The molecular weight excluding hydrogens is 192 g/mol. The number of benzene rings is 1. The first kappa shape index (κ1) is 9.71. The molecule has 0 amide bonds. The van der Waals surface area contributed by atoms with E-state index in [-0.39, 0.29) is 5.69 Å². The van der Waals surface area contributed by atoms with Gasteiger partial charge >= 0.3 is 5.97 Å². The number of nitrogens with zero attached hydrogens (tertiary/aromatic N) is 1. The van der Waals surface area contributed by atoms with Gasteiger partial charge in [0.2, 0.25) is 0 Å². The molecule has 4 nitrogen and oxygen atoms in total. The van der Waals surface area contributed by atoms with Gasteiger partial charge in [-0.3, -0.25) is 5.10 Å². The van der Waals surface area contributed by atoms with Gasteiger partial charge in [-0.2, -0.15) is 5.10 Å². The smallest absolute Gasteiger partial charge is 0.354 e. The van der Waals surface area contributed by atoms with Crippen molar-refractivity contribution >= 4 is 16.9 Å². The number of aromatic amines is 1. The van der Waals surface area contributed by atoms with Gasteiger partial charge in [0.25, 0.3) is 0 Å². The van der Waals surface area contributed by atoms with Gasteiger partial charge in [0, 0.05) is 5.39 Å². The number of carboxylic acids is 1. The molecule has 0 atom stereocenters. The first-order valence-corrected chi connectivity index (χ1v) is 4.70. The number of nitrogens with one attached hydrogen (secondary N) is 1. The van der Waals surface area contributed by atoms with Gasteiger partial charge in [-0.05, 0) is 37.5 Å². The first-order chi connectivity index (χ1) is 7.02. The fourth-order valence-corrected chi connectivity index (χ4v) is 1.85. The second-order valence-electron chi connectivity index (χ2n) is 3.76. The van der Waals surface area contributed by atoms with Crippen molar-refractivity contribution in [1.82, 2.24) is 10.2 Å². The van der Waals surface area contributed by atoms with Crippen LogP contribution < -0.4 is 0 Å². The van der Waals surface area contributed by atoms with Crippen LogP contribution in [0.3, 0.4) is 0 Å². The van der Waals surface area contributed by atoms with Crippen molar-refractivity contribution in [2.75, 3.05) is 0 Å². The molecule has 0 radical (unpaired) electrons. The zero-order valence-corrected chi connectivity index (χ0v) is 8.88. The van der Waals surface area contributed by atoms with Crippen molar-refractivity contribution < 1.29 is 9.90 Å². The average Bonchev–Trinajstić information content (AvgIpc) is 2.58. The van der Waals surface area contributed by atoms with Crippen LogP contribution in [0.1, 0.15) is 27.2 Å². The van der Waals surface area contributed by atoms with Crippen molar-refractivity contribution in [3.63, 3.8) is 0 Å². The molecule has 0 saturated carbocycles. The SMILES string of the molecule is Cc1cc(C)c2n[nH]c(C(=O)O)c2c1C. The minimum absolute atomic E-state index is 0.175. The van der Waals surface area contributed by atoms with E-state index in [1.54, 1.807) is 0 Å². The van der Waals surface area contributed by atoms with E-state index in [1.807, 2.05) is 26.8 Å². The number of hydrogen-bond acceptors (Lipinski definition) is 2. The van der Waals surface area contributed by atoms with E-state index in [2.05, 4.69) is 10.2 Å². The van der Waals surface area contributed by atoms with Crippen molar-refractivity contribution in [2.45, 2.75) is 20.8 Å². The predicted molar refractivity (Wildman–Crippen MR) is 57.3 cm³/mol. The van der Waals surface area contributed by atoms with Gasteiger partial charge in [-0.15, -0.1) is 0 Å². The molecule has 0 unspecified atom stereocenters. The number of aromatic nitrogens is 2. The first-order valence-electron chi connectivity index (χ1n) is 4.70. The third-order valence-electron chi connectivity index (χ3n) is 2.75. The Balaban J connectivity index is 2.95. The Hall–Kier alpha value is -1.84. The van der Waals surface area contributed by atoms with Gasteiger partial charge in [0.1, 0.15) is 0 Å². The molecule has 0 aliphatic carbocycles. The molecular formula is C11H12N2O2. The Morgan fingerprint density at radius 2 is 2.00 bits per heavy atom. The normalized spacial score (nSPS) is 10.9. The van der Waals surface area contributed by atoms with E-state index >= 15 is 0 Å². The number of fused-ring (bicyclic) bond motifs is 1. The third kappa shape index (κ3) is 1.29. The van der Waals surface area contributed by atoms with Crippen LogP contribution in [0.2, 0.25) is 0 Å². The topological polar surface area (TPSA) is 66.0 Å². The van der Waals surface area contributed by atoms with E-state index < -0.39 is 5.97 Å². The summed E-state index contributed by atoms with van der Waals surface area (Å²) in [6.07, 6.45) is 0. The van der Waals surface area contributed by atoms with E-state index in [4.69, 9.17) is 5.11 Å². The fraction of sp³-hybridized carbons (Fsp3) is 0.273. The van der Waals surface area contributed by atoms with Crippen LogP contribution in [0.15, 0.2) is 6.07 Å². The fourth-order valence-electron chi connectivity index (χ4n) is 1.85. The summed E-state index contributed by atoms with van der Waals surface area (Å²) in [5.74, 6) is -0.967. The number of H-pyrrole nitrogens is 1. The highest BCUT2D eigenvalue weighted by molar-refractivity contribution is 6.03. The molecule has 0 fully saturated rings. The lowest BCUT2D eigenvalue weighted by Gasteiger charge is -2.04. The Kier molecular flexibility index (Phi) is 2.00. The van der Waals surface area contributed by atoms with Gasteiger partial charge in [0.15, 0.2) is 5.69 Å². The number of carboxylic acid groups (broad SMARTS) is 1. The minimum Gasteiger partial charge on any atom is -0.477 e. The summed E-state index contributed by atoms with van der Waals surface area (Å²) in [5.41, 5.74) is 3.98. The van der Waals surface area contributed by atoms with Crippen molar-refractivity contribution in [1.29, 1.82) is 0 Å². The second-order valence-corrected chi connectivity index (χ2v) is 3.76. The molecule has 1 aromatic heterocycles. The maximum absolute atomic E-state index is 11.0. The average molecular weight is 204 g/mol. The molecule has 0 aliphatic rings. The Bertz CT molecular complexity index is 555. The molecule has 0 bridgehead atoms. The molecule has 2 aromatic rings. The molecule has 2 N–H and O–H groups in total. The van der Waals surface area contributed by atoms with Crippen LogP contribution in [0.5, 0.6) is 0 Å². The molecule has 15 heavy (non-hydrogen) atoms. The Labute approximate surface area is 86.9 Å².